The Kier molecular flexibility index (Phi) is 6.63. The van der Waals surface area contributed by atoms with Gasteiger partial charge in [-0.1, -0.05) is 53.5 Å². The lowest BCUT2D eigenvalue weighted by molar-refractivity contribution is -0.137. The molecule has 2 nitrogen and oxygen atoms in total. The molecule has 0 fully saturated rings. The van der Waals surface area contributed by atoms with E-state index in [2.05, 4.69) is 22.9 Å². The third-order valence-electron chi connectivity index (χ3n) is 2.29. The van der Waals surface area contributed by atoms with Crippen molar-refractivity contribution in [1.29, 1.82) is 0 Å². The highest BCUT2D eigenvalue weighted by atomic mass is 79.9. The van der Waals surface area contributed by atoms with E-state index in [0.717, 1.165) is 23.7 Å². The molecule has 17 heavy (non-hydrogen) atoms. The molecule has 0 radical (unpaired) electrons. The minimum atomic E-state index is -0.275. The molecule has 0 aliphatic heterocycles. The Morgan fingerprint density at radius 2 is 2.06 bits per heavy atom. The summed E-state index contributed by atoms with van der Waals surface area (Å²) in [5, 5.41) is 0.843. The molecule has 0 saturated carbocycles. The summed E-state index contributed by atoms with van der Waals surface area (Å²) in [4.78, 5) is 11.3. The smallest absolute Gasteiger partial charge is 0.330 e. The topological polar surface area (TPSA) is 26.3 Å². The van der Waals surface area contributed by atoms with Crippen molar-refractivity contribution in [2.24, 2.45) is 0 Å². The molecule has 0 heterocycles. The molecule has 1 aromatic carbocycles. The second-order valence-electron chi connectivity index (χ2n) is 3.73. The van der Waals surface area contributed by atoms with Crippen molar-refractivity contribution < 1.29 is 9.53 Å². The first kappa shape index (κ1) is 14.0. The summed E-state index contributed by atoms with van der Waals surface area (Å²) in [6.07, 6.45) is 5.19. The van der Waals surface area contributed by atoms with Crippen LogP contribution >= 0.6 is 15.9 Å². The molecule has 0 unspecified atom stereocenters. The van der Waals surface area contributed by atoms with Gasteiger partial charge < -0.3 is 4.74 Å². The van der Waals surface area contributed by atoms with Crippen LogP contribution in [0.4, 0.5) is 0 Å². The van der Waals surface area contributed by atoms with E-state index in [1.807, 2.05) is 24.3 Å². The Labute approximate surface area is 111 Å². The van der Waals surface area contributed by atoms with Gasteiger partial charge in [-0.25, -0.2) is 4.79 Å². The number of alkyl halides is 1. The fourth-order valence-electron chi connectivity index (χ4n) is 1.25. The first-order valence-corrected chi connectivity index (χ1v) is 6.88. The maximum Gasteiger partial charge on any atom is 0.330 e. The number of hydrogen-bond donors (Lipinski definition) is 0. The molecule has 0 bridgehead atoms. The van der Waals surface area contributed by atoms with Gasteiger partial charge >= 0.3 is 5.97 Å². The minimum absolute atomic E-state index is 0.275. The number of halogens is 1. The lowest BCUT2D eigenvalue weighted by Gasteiger charge is -1.99. The Bertz CT molecular complexity index is 368. The van der Waals surface area contributed by atoms with Gasteiger partial charge in [0.1, 0.15) is 0 Å². The van der Waals surface area contributed by atoms with Crippen LogP contribution in [0.3, 0.4) is 0 Å². The monoisotopic (exact) mass is 296 g/mol. The van der Waals surface area contributed by atoms with E-state index in [-0.39, 0.29) is 5.97 Å². The van der Waals surface area contributed by atoms with Crippen LogP contribution in [0.1, 0.15) is 30.9 Å². The van der Waals surface area contributed by atoms with E-state index in [1.54, 1.807) is 6.08 Å². The van der Waals surface area contributed by atoms with Crippen LogP contribution in [0.15, 0.2) is 30.3 Å². The van der Waals surface area contributed by atoms with E-state index < -0.39 is 0 Å². The summed E-state index contributed by atoms with van der Waals surface area (Å²) in [6, 6.07) is 8.01. The summed E-state index contributed by atoms with van der Waals surface area (Å²) < 4.78 is 5.02. The van der Waals surface area contributed by atoms with E-state index in [9.17, 15) is 4.79 Å². The van der Waals surface area contributed by atoms with Gasteiger partial charge in [0.15, 0.2) is 0 Å². The van der Waals surface area contributed by atoms with Gasteiger partial charge in [-0.2, -0.15) is 0 Å². The molecule has 0 aliphatic carbocycles. The Hall–Kier alpha value is -1.09. The molecule has 0 aromatic heterocycles. The maximum atomic E-state index is 11.3. The van der Waals surface area contributed by atoms with Gasteiger partial charge in [0.05, 0.1) is 6.61 Å². The second kappa shape index (κ2) is 8.07. The SMILES string of the molecule is CCCCOC(=O)C=Cc1ccc(CBr)cc1. The number of rotatable bonds is 6. The Balaban J connectivity index is 2.43. The van der Waals surface area contributed by atoms with E-state index in [1.165, 1.54) is 11.6 Å². The van der Waals surface area contributed by atoms with E-state index in [4.69, 9.17) is 4.74 Å². The predicted molar refractivity (Wildman–Crippen MR) is 74.0 cm³/mol. The number of hydrogen-bond acceptors (Lipinski definition) is 2. The zero-order valence-corrected chi connectivity index (χ0v) is 11.6. The number of unbranched alkanes of at least 4 members (excludes halogenated alkanes) is 1. The summed E-state index contributed by atoms with van der Waals surface area (Å²) in [5.74, 6) is -0.275. The largest absolute Gasteiger partial charge is 0.463 e. The average molecular weight is 297 g/mol. The summed E-state index contributed by atoms with van der Waals surface area (Å²) in [5.41, 5.74) is 2.22. The van der Waals surface area contributed by atoms with Gasteiger partial charge in [-0.05, 0) is 23.6 Å². The third-order valence-corrected chi connectivity index (χ3v) is 2.94. The van der Waals surface area contributed by atoms with Gasteiger partial charge in [-0.15, -0.1) is 0 Å². The minimum Gasteiger partial charge on any atom is -0.463 e. The van der Waals surface area contributed by atoms with Gasteiger partial charge in [0, 0.05) is 11.4 Å². The summed E-state index contributed by atoms with van der Waals surface area (Å²) in [6.45, 7) is 2.57. The van der Waals surface area contributed by atoms with Crippen LogP contribution in [-0.2, 0) is 14.9 Å². The molecule has 92 valence electrons. The number of carbonyl (C=O) groups is 1. The Morgan fingerprint density at radius 1 is 1.35 bits per heavy atom. The normalized spacial score (nSPS) is 10.7. The highest BCUT2D eigenvalue weighted by molar-refractivity contribution is 9.08. The zero-order chi connectivity index (χ0) is 12.5. The molecular weight excluding hydrogens is 280 g/mol. The third kappa shape index (κ3) is 5.68. The predicted octanol–water partition coefficient (Wildman–Crippen LogP) is 3.94. The van der Waals surface area contributed by atoms with Crippen molar-refractivity contribution in [3.05, 3.63) is 41.5 Å². The summed E-state index contributed by atoms with van der Waals surface area (Å²) >= 11 is 3.39. The lowest BCUT2D eigenvalue weighted by Crippen LogP contribution is -2.01. The van der Waals surface area contributed by atoms with Crippen molar-refractivity contribution in [3.63, 3.8) is 0 Å². The number of ether oxygens (including phenoxy) is 1. The molecule has 3 heteroatoms. The Morgan fingerprint density at radius 3 is 2.65 bits per heavy atom. The first-order valence-electron chi connectivity index (χ1n) is 5.76. The van der Waals surface area contributed by atoms with Crippen LogP contribution in [0.2, 0.25) is 0 Å². The molecule has 1 rings (SSSR count). The molecule has 1 aromatic rings. The number of carbonyl (C=O) groups excluding carboxylic acids is 1. The van der Waals surface area contributed by atoms with Gasteiger partial charge in [0.2, 0.25) is 0 Å². The van der Waals surface area contributed by atoms with Gasteiger partial charge in [0.25, 0.3) is 0 Å². The average Bonchev–Trinajstić information content (AvgIpc) is 2.37. The molecule has 0 spiro atoms. The fraction of sp³-hybridized carbons (Fsp3) is 0.357. The van der Waals surface area contributed by atoms with Crippen LogP contribution in [0.5, 0.6) is 0 Å². The second-order valence-corrected chi connectivity index (χ2v) is 4.29. The van der Waals surface area contributed by atoms with Crippen LogP contribution in [0.25, 0.3) is 6.08 Å². The van der Waals surface area contributed by atoms with E-state index in [0.29, 0.717) is 6.61 Å². The molecule has 0 atom stereocenters. The van der Waals surface area contributed by atoms with Gasteiger partial charge in [-0.3, -0.25) is 0 Å². The zero-order valence-electron chi connectivity index (χ0n) is 9.99. The molecular formula is C14H17BrO2. The van der Waals surface area contributed by atoms with Crippen molar-refractivity contribution in [3.8, 4) is 0 Å². The number of esters is 1. The lowest BCUT2D eigenvalue weighted by atomic mass is 10.1. The number of benzene rings is 1. The van der Waals surface area contributed by atoms with Crippen molar-refractivity contribution in [2.45, 2.75) is 25.1 Å². The van der Waals surface area contributed by atoms with Crippen LogP contribution in [-0.4, -0.2) is 12.6 Å². The summed E-state index contributed by atoms with van der Waals surface area (Å²) in [7, 11) is 0. The molecule has 0 saturated heterocycles. The van der Waals surface area contributed by atoms with Crippen molar-refractivity contribution in [1.82, 2.24) is 0 Å². The van der Waals surface area contributed by atoms with Crippen LogP contribution < -0.4 is 0 Å². The highest BCUT2D eigenvalue weighted by Gasteiger charge is 1.96. The molecule has 0 amide bonds. The quantitative estimate of drug-likeness (QED) is 0.344. The highest BCUT2D eigenvalue weighted by Crippen LogP contribution is 2.09. The molecule has 0 aliphatic rings. The van der Waals surface area contributed by atoms with Crippen LogP contribution in [0, 0.1) is 0 Å². The van der Waals surface area contributed by atoms with E-state index >= 15 is 0 Å². The maximum absolute atomic E-state index is 11.3. The van der Waals surface area contributed by atoms with Crippen molar-refractivity contribution in [2.75, 3.05) is 6.61 Å². The molecule has 0 N–H and O–H groups in total. The fourth-order valence-corrected chi connectivity index (χ4v) is 1.62. The standard InChI is InChI=1S/C14H17BrO2/c1-2-3-10-17-14(16)9-8-12-4-6-13(11-15)7-5-12/h4-9H,2-3,10-11H2,1H3. The first-order chi connectivity index (χ1) is 8.26. The van der Waals surface area contributed by atoms with Crippen molar-refractivity contribution >= 4 is 28.0 Å².